The van der Waals surface area contributed by atoms with E-state index in [9.17, 15) is 4.39 Å². The standard InChI is InChI=1S/C14H9BrClFN2S/c15-10-5-13-12(6-11(10)17)18-14(20)19(13)7-8-1-3-9(16)4-2-8/h1-6H,7H2,(H,18,20). The molecule has 0 radical (unpaired) electrons. The van der Waals surface area contributed by atoms with E-state index in [0.717, 1.165) is 11.1 Å². The van der Waals surface area contributed by atoms with Crippen LogP contribution in [-0.2, 0) is 6.54 Å². The number of benzene rings is 2. The number of aromatic amines is 1. The van der Waals surface area contributed by atoms with Crippen molar-refractivity contribution in [3.05, 3.63) is 62.0 Å². The van der Waals surface area contributed by atoms with Crippen molar-refractivity contribution in [2.45, 2.75) is 6.54 Å². The number of imidazole rings is 1. The van der Waals surface area contributed by atoms with E-state index in [1.807, 2.05) is 28.8 Å². The average Bonchev–Trinajstić information content (AvgIpc) is 2.69. The van der Waals surface area contributed by atoms with Crippen molar-refractivity contribution >= 4 is 50.8 Å². The number of nitrogens with zero attached hydrogens (tertiary/aromatic N) is 1. The summed E-state index contributed by atoms with van der Waals surface area (Å²) in [4.78, 5) is 3.02. The molecule has 0 aliphatic carbocycles. The number of fused-ring (bicyclic) bond motifs is 1. The van der Waals surface area contributed by atoms with E-state index < -0.39 is 0 Å². The normalized spacial score (nSPS) is 11.2. The predicted octanol–water partition coefficient (Wildman–Crippen LogP) is 5.30. The largest absolute Gasteiger partial charge is 0.330 e. The highest BCUT2D eigenvalue weighted by atomic mass is 79.9. The van der Waals surface area contributed by atoms with E-state index in [4.69, 9.17) is 23.8 Å². The SMILES string of the molecule is Fc1cc2[nH]c(=S)n(Cc3ccc(Cl)cc3)c2cc1Br. The van der Waals surface area contributed by atoms with Crippen LogP contribution in [-0.4, -0.2) is 9.55 Å². The number of hydrogen-bond donors (Lipinski definition) is 1. The first kappa shape index (κ1) is 13.8. The summed E-state index contributed by atoms with van der Waals surface area (Å²) in [6.07, 6.45) is 0. The van der Waals surface area contributed by atoms with E-state index in [0.29, 0.717) is 26.3 Å². The molecule has 102 valence electrons. The van der Waals surface area contributed by atoms with Crippen molar-refractivity contribution in [1.29, 1.82) is 0 Å². The van der Waals surface area contributed by atoms with E-state index in [-0.39, 0.29) is 5.82 Å². The number of hydrogen-bond acceptors (Lipinski definition) is 1. The van der Waals surface area contributed by atoms with Crippen LogP contribution in [0, 0.1) is 10.6 Å². The van der Waals surface area contributed by atoms with Crippen molar-refractivity contribution in [2.75, 3.05) is 0 Å². The number of nitrogens with one attached hydrogen (secondary N) is 1. The Morgan fingerprint density at radius 1 is 1.25 bits per heavy atom. The minimum atomic E-state index is -0.313. The molecule has 6 heteroatoms. The summed E-state index contributed by atoms with van der Waals surface area (Å²) in [5, 5.41) is 0.695. The molecule has 0 saturated carbocycles. The summed E-state index contributed by atoms with van der Waals surface area (Å²) in [6, 6.07) is 10.7. The fraction of sp³-hybridized carbons (Fsp3) is 0.0714. The van der Waals surface area contributed by atoms with Crippen molar-refractivity contribution in [3.63, 3.8) is 0 Å². The number of H-pyrrole nitrogens is 1. The smallest absolute Gasteiger partial charge is 0.178 e. The summed E-state index contributed by atoms with van der Waals surface area (Å²) in [7, 11) is 0. The summed E-state index contributed by atoms with van der Waals surface area (Å²) in [6.45, 7) is 0.605. The van der Waals surface area contributed by atoms with Crippen molar-refractivity contribution in [3.8, 4) is 0 Å². The first-order valence-electron chi connectivity index (χ1n) is 5.86. The molecule has 3 rings (SSSR count). The van der Waals surface area contributed by atoms with Gasteiger partial charge in [0.15, 0.2) is 4.77 Å². The van der Waals surface area contributed by atoms with E-state index in [1.54, 1.807) is 6.07 Å². The second-order valence-electron chi connectivity index (χ2n) is 4.43. The van der Waals surface area contributed by atoms with Crippen LogP contribution < -0.4 is 0 Å². The fourth-order valence-electron chi connectivity index (χ4n) is 2.08. The van der Waals surface area contributed by atoms with E-state index in [1.165, 1.54) is 6.07 Å². The summed E-state index contributed by atoms with van der Waals surface area (Å²) >= 11 is 14.4. The van der Waals surface area contributed by atoms with Gasteiger partial charge in [-0.05, 0) is 51.9 Å². The zero-order chi connectivity index (χ0) is 14.3. The third-order valence-electron chi connectivity index (χ3n) is 3.07. The Kier molecular flexibility index (Phi) is 3.67. The zero-order valence-corrected chi connectivity index (χ0v) is 13.3. The molecule has 0 fully saturated rings. The molecule has 2 aromatic carbocycles. The third-order valence-corrected chi connectivity index (χ3v) is 4.25. The Balaban J connectivity index is 2.11. The van der Waals surface area contributed by atoms with Crippen molar-refractivity contribution < 1.29 is 4.39 Å². The molecule has 1 aromatic heterocycles. The van der Waals surface area contributed by atoms with Gasteiger partial charge in [0.2, 0.25) is 0 Å². The first-order valence-corrected chi connectivity index (χ1v) is 7.44. The maximum atomic E-state index is 13.5. The van der Waals surface area contributed by atoms with Crippen LogP contribution in [0.2, 0.25) is 5.02 Å². The topological polar surface area (TPSA) is 20.7 Å². The first-order chi connectivity index (χ1) is 9.54. The molecule has 0 bridgehead atoms. The molecule has 0 unspecified atom stereocenters. The lowest BCUT2D eigenvalue weighted by atomic mass is 10.2. The van der Waals surface area contributed by atoms with Gasteiger partial charge in [-0.1, -0.05) is 23.7 Å². The molecule has 0 saturated heterocycles. The van der Waals surface area contributed by atoms with E-state index >= 15 is 0 Å². The van der Waals surface area contributed by atoms with Gasteiger partial charge in [-0.25, -0.2) is 4.39 Å². The summed E-state index contributed by atoms with van der Waals surface area (Å²) < 4.78 is 16.4. The Bertz CT molecular complexity index is 839. The Morgan fingerprint density at radius 2 is 1.95 bits per heavy atom. The van der Waals surface area contributed by atoms with Gasteiger partial charge in [-0.3, -0.25) is 0 Å². The molecule has 0 amide bonds. The van der Waals surface area contributed by atoms with Crippen LogP contribution in [0.25, 0.3) is 11.0 Å². The molecule has 2 nitrogen and oxygen atoms in total. The van der Waals surface area contributed by atoms with Crippen LogP contribution in [0.3, 0.4) is 0 Å². The Hall–Kier alpha value is -1.17. The quantitative estimate of drug-likeness (QED) is 0.606. The van der Waals surface area contributed by atoms with Crippen LogP contribution in [0.5, 0.6) is 0 Å². The molecule has 1 heterocycles. The Morgan fingerprint density at radius 3 is 2.65 bits per heavy atom. The van der Waals surface area contributed by atoms with Crippen LogP contribution >= 0.6 is 39.7 Å². The third kappa shape index (κ3) is 2.53. The molecule has 0 spiro atoms. The van der Waals surface area contributed by atoms with Gasteiger partial charge in [0.1, 0.15) is 5.82 Å². The monoisotopic (exact) mass is 370 g/mol. The Labute approximate surface area is 133 Å². The molecular formula is C14H9BrClFN2S. The lowest BCUT2D eigenvalue weighted by Gasteiger charge is -2.05. The van der Waals surface area contributed by atoms with Gasteiger partial charge in [0, 0.05) is 11.1 Å². The number of aromatic nitrogens is 2. The van der Waals surface area contributed by atoms with Gasteiger partial charge >= 0.3 is 0 Å². The van der Waals surface area contributed by atoms with Gasteiger partial charge in [0.05, 0.1) is 22.1 Å². The lowest BCUT2D eigenvalue weighted by Crippen LogP contribution is -1.99. The number of halogens is 3. The highest BCUT2D eigenvalue weighted by Gasteiger charge is 2.09. The van der Waals surface area contributed by atoms with Crippen LogP contribution in [0.1, 0.15) is 5.56 Å². The van der Waals surface area contributed by atoms with Gasteiger partial charge < -0.3 is 9.55 Å². The summed E-state index contributed by atoms with van der Waals surface area (Å²) in [5.41, 5.74) is 2.62. The molecule has 3 aromatic rings. The maximum Gasteiger partial charge on any atom is 0.178 e. The molecule has 1 N–H and O–H groups in total. The molecule has 0 aliphatic heterocycles. The van der Waals surface area contributed by atoms with E-state index in [2.05, 4.69) is 20.9 Å². The van der Waals surface area contributed by atoms with Crippen molar-refractivity contribution in [2.24, 2.45) is 0 Å². The van der Waals surface area contributed by atoms with Gasteiger partial charge in [-0.2, -0.15) is 0 Å². The predicted molar refractivity (Wildman–Crippen MR) is 85.3 cm³/mol. The number of rotatable bonds is 2. The van der Waals surface area contributed by atoms with Gasteiger partial charge in [0.25, 0.3) is 0 Å². The molecular weight excluding hydrogens is 363 g/mol. The molecule has 0 aliphatic rings. The molecule has 0 atom stereocenters. The second-order valence-corrected chi connectivity index (χ2v) is 6.10. The highest BCUT2D eigenvalue weighted by Crippen LogP contribution is 2.24. The van der Waals surface area contributed by atoms with Crippen LogP contribution in [0.15, 0.2) is 40.9 Å². The fourth-order valence-corrected chi connectivity index (χ4v) is 2.81. The minimum Gasteiger partial charge on any atom is -0.330 e. The lowest BCUT2D eigenvalue weighted by molar-refractivity contribution is 0.622. The van der Waals surface area contributed by atoms with Crippen molar-refractivity contribution in [1.82, 2.24) is 9.55 Å². The second kappa shape index (κ2) is 5.31. The molecule has 20 heavy (non-hydrogen) atoms. The average molecular weight is 372 g/mol. The maximum absolute atomic E-state index is 13.5. The highest BCUT2D eigenvalue weighted by molar-refractivity contribution is 9.10. The minimum absolute atomic E-state index is 0.313. The van der Waals surface area contributed by atoms with Crippen LogP contribution in [0.4, 0.5) is 4.39 Å². The zero-order valence-electron chi connectivity index (χ0n) is 10.2. The summed E-state index contributed by atoms with van der Waals surface area (Å²) in [5.74, 6) is -0.313. The van der Waals surface area contributed by atoms with Gasteiger partial charge in [-0.15, -0.1) is 0 Å².